The van der Waals surface area contributed by atoms with Crippen molar-refractivity contribution in [2.24, 2.45) is 58.2 Å². The predicted molar refractivity (Wildman–Crippen MR) is 287 cm³/mol. The minimum absolute atomic E-state index is 0.0414. The van der Waals surface area contributed by atoms with Crippen LogP contribution in [0, 0.1) is 58.2 Å². The smallest absolute Gasteiger partial charge is 0.346 e. The maximum Gasteiger partial charge on any atom is 0.346 e. The van der Waals surface area contributed by atoms with Gasteiger partial charge in [0.2, 0.25) is 5.78 Å². The Bertz CT molecular complexity index is 2290. The summed E-state index contributed by atoms with van der Waals surface area (Å²) in [6, 6.07) is 0. The molecular weight excluding hydrogens is 1000 g/mol. The molecule has 17 nitrogen and oxygen atoms in total. The summed E-state index contributed by atoms with van der Waals surface area (Å²) in [5, 5.41) is 68.8. The van der Waals surface area contributed by atoms with Gasteiger partial charge >= 0.3 is 5.97 Å². The molecule has 78 heavy (non-hydrogen) atoms. The predicted octanol–water partition coefficient (Wildman–Crippen LogP) is 7.28. The number of rotatable bonds is 10. The van der Waals surface area contributed by atoms with Crippen molar-refractivity contribution in [1.82, 2.24) is 0 Å². The van der Waals surface area contributed by atoms with E-state index in [2.05, 4.69) is 26.0 Å². The van der Waals surface area contributed by atoms with Crippen LogP contribution in [0.25, 0.3) is 0 Å². The molecule has 4 heterocycles. The summed E-state index contributed by atoms with van der Waals surface area (Å²) in [5.74, 6) is -5.19. The van der Waals surface area contributed by atoms with Gasteiger partial charge in [0, 0.05) is 80.3 Å². The quantitative estimate of drug-likeness (QED) is 0.0715. The van der Waals surface area contributed by atoms with Gasteiger partial charge in [0.05, 0.1) is 48.8 Å². The fourth-order valence-corrected chi connectivity index (χ4v) is 16.0. The molecule has 6 N–H and O–H groups in total. The molecule has 17 heteroatoms. The summed E-state index contributed by atoms with van der Waals surface area (Å²) in [7, 11) is 1.57. The van der Waals surface area contributed by atoms with E-state index in [-0.39, 0.29) is 80.0 Å². The molecule has 0 radical (unpaired) electrons. The monoisotopic (exact) mass is 1100 g/mol. The van der Waals surface area contributed by atoms with Crippen molar-refractivity contribution in [3.63, 3.8) is 0 Å². The zero-order chi connectivity index (χ0) is 57.1. The highest BCUT2D eigenvalue weighted by atomic mass is 16.7. The van der Waals surface area contributed by atoms with E-state index in [1.54, 1.807) is 14.0 Å². The molecule has 0 amide bonds. The Morgan fingerprint density at radius 3 is 1.97 bits per heavy atom. The number of Topliss-reactive ketones (excluding diaryl/α,β-unsaturated/α-hetero) is 2. The third-order valence-electron chi connectivity index (χ3n) is 20.3. The summed E-state index contributed by atoms with van der Waals surface area (Å²) in [6.07, 6.45) is -0.691. The number of aliphatic hydroxyl groups excluding tert-OH is 6. The molecule has 8 rings (SSSR count). The van der Waals surface area contributed by atoms with Crippen molar-refractivity contribution in [3.05, 3.63) is 46.3 Å². The Morgan fingerprint density at radius 2 is 1.36 bits per heavy atom. The van der Waals surface area contributed by atoms with E-state index in [1.165, 1.54) is 0 Å². The molecule has 2 unspecified atom stereocenters. The van der Waals surface area contributed by atoms with Gasteiger partial charge in [-0.05, 0) is 90.4 Å². The number of esters is 1. The van der Waals surface area contributed by atoms with Gasteiger partial charge in [0.15, 0.2) is 24.5 Å². The Hall–Kier alpha value is -2.91. The van der Waals surface area contributed by atoms with Crippen LogP contribution in [-0.4, -0.2) is 154 Å². The van der Waals surface area contributed by atoms with Gasteiger partial charge in [0.25, 0.3) is 0 Å². The lowest BCUT2D eigenvalue weighted by Gasteiger charge is -2.56. The minimum atomic E-state index is -1.62. The van der Waals surface area contributed by atoms with Gasteiger partial charge in [-0.1, -0.05) is 89.8 Å². The molecule has 0 aromatic carbocycles. The molecule has 0 aromatic rings. The molecule has 0 aromatic heterocycles. The molecule has 2 bridgehead atoms. The molecule has 25 atom stereocenters. The lowest BCUT2D eigenvalue weighted by Crippen LogP contribution is -2.57. The second kappa shape index (κ2) is 24.1. The summed E-state index contributed by atoms with van der Waals surface area (Å²) in [4.78, 5) is 44.3. The topological polar surface area (TPSA) is 246 Å². The van der Waals surface area contributed by atoms with Crippen molar-refractivity contribution in [2.75, 3.05) is 13.7 Å². The van der Waals surface area contributed by atoms with E-state index >= 15 is 4.79 Å². The number of hydrogen-bond acceptors (Lipinski definition) is 17. The molecule has 1 saturated carbocycles. The minimum Gasteiger partial charge on any atom is -0.511 e. The molecule has 1 spiro atoms. The maximum absolute atomic E-state index is 15.7. The molecule has 5 fully saturated rings. The number of carbonyl (C=O) groups is 3. The van der Waals surface area contributed by atoms with Crippen LogP contribution in [0.15, 0.2) is 46.3 Å². The number of allylic oxidation sites excluding steroid dienone is 4. The van der Waals surface area contributed by atoms with Crippen molar-refractivity contribution in [3.8, 4) is 0 Å². The first-order valence-corrected chi connectivity index (χ1v) is 29.4. The normalized spacial score (nSPS) is 49.5. The average Bonchev–Trinajstić information content (AvgIpc) is 3.88. The molecule has 4 aliphatic carbocycles. The lowest BCUT2D eigenvalue weighted by molar-refractivity contribution is -0.338. The van der Waals surface area contributed by atoms with E-state index in [0.717, 1.165) is 16.7 Å². The highest BCUT2D eigenvalue weighted by Gasteiger charge is 2.67. The van der Waals surface area contributed by atoms with Gasteiger partial charge < -0.3 is 68.5 Å². The molecule has 8 aliphatic rings. The summed E-state index contributed by atoms with van der Waals surface area (Å²) in [5.41, 5.74) is -1.54. The number of ketones is 2. The van der Waals surface area contributed by atoms with E-state index in [4.69, 9.17) is 37.9 Å². The second-order valence-electron chi connectivity index (χ2n) is 25.4. The van der Waals surface area contributed by atoms with Crippen LogP contribution in [-0.2, 0) is 52.3 Å². The summed E-state index contributed by atoms with van der Waals surface area (Å²) < 4.78 is 51.0. The fourth-order valence-electron chi connectivity index (χ4n) is 16.0. The summed E-state index contributed by atoms with van der Waals surface area (Å²) in [6.45, 7) is 23.2. The van der Waals surface area contributed by atoms with Gasteiger partial charge in [-0.3, -0.25) is 9.59 Å². The largest absolute Gasteiger partial charge is 0.511 e. The van der Waals surface area contributed by atoms with E-state index in [9.17, 15) is 40.2 Å². The zero-order valence-electron chi connectivity index (χ0n) is 48.6. The van der Waals surface area contributed by atoms with Crippen LogP contribution < -0.4 is 0 Å². The van der Waals surface area contributed by atoms with Crippen LogP contribution in [0.1, 0.15) is 154 Å². The van der Waals surface area contributed by atoms with E-state index in [0.29, 0.717) is 32.1 Å². The van der Waals surface area contributed by atoms with Crippen LogP contribution >= 0.6 is 0 Å². The van der Waals surface area contributed by atoms with E-state index in [1.807, 2.05) is 68.4 Å². The SMILES string of the molecule is CC/C1=C\[C@H](CO)C[C@@H](C)C(O[C@H]2C[C@H](O)[C@H](O[C@H]3C[C@H](OC)[C@@H](O[C@@H]4C[C@H](O)[C@H](O)[C@@H](C)O4)[C@H](C)O3)[C@@H](C)O2)C(C)CCC[C@]2(C)C=C(C)[C@H](C)C[C@]23OC(=O)/C(=C(/O)[C@@]2(CC)[C@H]4[C@H](C=C(C)[C@@H]12)[C@@H](O)CC(=O)[C@@H]4C)C3=O. The third kappa shape index (κ3) is 11.1. The Labute approximate surface area is 462 Å². The number of ether oxygens (including phenoxy) is 8. The lowest BCUT2D eigenvalue weighted by atomic mass is 9.47. The Balaban J connectivity index is 1.09. The number of carbonyl (C=O) groups excluding carboxylic acids is 3. The van der Waals surface area contributed by atoms with Crippen molar-refractivity contribution < 1.29 is 82.9 Å². The maximum atomic E-state index is 15.7. The van der Waals surface area contributed by atoms with Crippen LogP contribution in [0.3, 0.4) is 0 Å². The first-order chi connectivity index (χ1) is 36.8. The van der Waals surface area contributed by atoms with Crippen molar-refractivity contribution >= 4 is 17.5 Å². The highest BCUT2D eigenvalue weighted by Crippen LogP contribution is 2.64. The Morgan fingerprint density at radius 1 is 0.744 bits per heavy atom. The van der Waals surface area contributed by atoms with E-state index < -0.39 is 144 Å². The van der Waals surface area contributed by atoms with Crippen LogP contribution in [0.5, 0.6) is 0 Å². The van der Waals surface area contributed by atoms with Gasteiger partial charge in [-0.25, -0.2) is 4.79 Å². The van der Waals surface area contributed by atoms with Crippen LogP contribution in [0.4, 0.5) is 0 Å². The van der Waals surface area contributed by atoms with Crippen molar-refractivity contribution in [1.29, 1.82) is 0 Å². The number of hydrogen-bond donors (Lipinski definition) is 6. The number of fused-ring (bicyclic) bond motifs is 4. The number of aliphatic hydroxyl groups is 6. The molecule has 440 valence electrons. The first-order valence-electron chi connectivity index (χ1n) is 29.4. The Kier molecular flexibility index (Phi) is 18.9. The number of methoxy groups -OCH3 is 1. The van der Waals surface area contributed by atoms with Crippen molar-refractivity contribution in [2.45, 2.75) is 245 Å². The fraction of sp³-hybridized carbons (Fsp3) is 0.820. The standard InChI is InChI=1S/C61H94O17/c1-14-39-21-38(28-62)19-31(5)53(75-47-24-44(66)54(36(10)73-47)76-48-25-45(71-13)55(37(11)74-48)77-46-23-43(65)52(67)35(9)72-46)29(3)17-16-18-59(12)26-32(6)33(7)27-61(59)57(69)49(58(70)78-61)56(68)60(15-2)50(39)30(4)20-40-42(64)22-41(63)34(8)51(40)60/h20-21,26,29,31,33-38,40,42-48,50-55,62,64-68H,14-19,22-25,27-28H2,1-13H3/b39-21+,56-49+/t29?,31-,33-,34+,35-,36-,37+,38-,40-,42+,43+,44+,45+,46-,47+,48+,50+,51-,52-,53?,54-,55+,59-,60-,61-/m1/s1. The second-order valence-corrected chi connectivity index (χ2v) is 25.4. The third-order valence-corrected chi connectivity index (χ3v) is 20.3. The molecule has 4 aliphatic heterocycles. The zero-order valence-corrected chi connectivity index (χ0v) is 48.6. The van der Waals surface area contributed by atoms with Gasteiger partial charge in [-0.2, -0.15) is 0 Å². The summed E-state index contributed by atoms with van der Waals surface area (Å²) >= 11 is 0. The first kappa shape index (κ1) is 61.2. The van der Waals surface area contributed by atoms with Gasteiger partial charge in [-0.15, -0.1) is 0 Å². The van der Waals surface area contributed by atoms with Gasteiger partial charge in [0.1, 0.15) is 35.4 Å². The molecule has 4 saturated heterocycles. The molecular formula is C61H94O17. The highest BCUT2D eigenvalue weighted by molar-refractivity contribution is 6.26. The van der Waals surface area contributed by atoms with Crippen LogP contribution in [0.2, 0.25) is 0 Å². The average molecular weight is 1100 g/mol.